The maximum atomic E-state index is 13.4. The Bertz CT molecular complexity index is 980. The Labute approximate surface area is 189 Å². The molecule has 0 saturated carbocycles. The van der Waals surface area contributed by atoms with Crippen LogP contribution in [0.2, 0.25) is 0 Å². The highest BCUT2D eigenvalue weighted by Crippen LogP contribution is 2.34. The van der Waals surface area contributed by atoms with E-state index in [-0.39, 0.29) is 11.8 Å². The van der Waals surface area contributed by atoms with Crippen LogP contribution >= 0.6 is 0 Å². The number of hydrogen-bond acceptors (Lipinski definition) is 5. The van der Waals surface area contributed by atoms with Gasteiger partial charge in [-0.2, -0.15) is 0 Å². The van der Waals surface area contributed by atoms with E-state index in [9.17, 15) is 9.59 Å². The lowest BCUT2D eigenvalue weighted by Crippen LogP contribution is -2.46. The van der Waals surface area contributed by atoms with Gasteiger partial charge in [0, 0.05) is 56.1 Å². The summed E-state index contributed by atoms with van der Waals surface area (Å²) < 4.78 is 0. The summed E-state index contributed by atoms with van der Waals surface area (Å²) in [6.07, 6.45) is 6.79. The summed E-state index contributed by atoms with van der Waals surface area (Å²) in [6, 6.07) is 10.2. The molecular weight excluding hydrogens is 402 g/mol. The van der Waals surface area contributed by atoms with Crippen molar-refractivity contribution in [3.63, 3.8) is 0 Å². The molecule has 7 heteroatoms. The van der Waals surface area contributed by atoms with E-state index in [1.165, 1.54) is 11.3 Å². The third-order valence-corrected chi connectivity index (χ3v) is 7.00. The Kier molecular flexibility index (Phi) is 6.06. The number of aryl methyl sites for hydroxylation is 1. The number of piperidine rings is 1. The van der Waals surface area contributed by atoms with Crippen molar-refractivity contribution in [3.05, 3.63) is 41.6 Å². The van der Waals surface area contributed by atoms with Gasteiger partial charge in [0.2, 0.25) is 12.3 Å². The van der Waals surface area contributed by atoms with Crippen LogP contribution in [0.5, 0.6) is 0 Å². The smallest absolute Gasteiger partial charge is 0.227 e. The normalized spacial score (nSPS) is 21.2. The lowest BCUT2D eigenvalue weighted by Gasteiger charge is -2.36. The number of aromatic nitrogens is 2. The van der Waals surface area contributed by atoms with Gasteiger partial charge in [-0.3, -0.25) is 9.59 Å². The zero-order chi connectivity index (χ0) is 21.9. The monoisotopic (exact) mass is 433 g/mol. The minimum Gasteiger partial charge on any atom is -0.355 e. The first kappa shape index (κ1) is 20.9. The minimum absolute atomic E-state index is 0.0151. The van der Waals surface area contributed by atoms with Crippen molar-refractivity contribution in [2.75, 3.05) is 44.2 Å². The number of anilines is 1. The molecule has 168 valence electrons. The van der Waals surface area contributed by atoms with Crippen LogP contribution in [0.25, 0.3) is 11.4 Å². The van der Waals surface area contributed by atoms with Crippen molar-refractivity contribution in [1.29, 1.82) is 0 Å². The third-order valence-electron chi connectivity index (χ3n) is 7.00. The summed E-state index contributed by atoms with van der Waals surface area (Å²) in [6.45, 7) is 4.38. The maximum absolute atomic E-state index is 13.4. The molecule has 3 aliphatic rings. The lowest BCUT2D eigenvalue weighted by molar-refractivity contribution is -0.135. The standard InChI is InChI=1S/C25H31N5O2/c31-18-28-12-6-14-29(16-15-28)25(32)20-9-5-13-30(17-20)24-21-10-4-11-22(21)26-23(27-24)19-7-2-1-3-8-19/h1-3,7-8,18,20H,4-6,9-17H2. The van der Waals surface area contributed by atoms with Crippen LogP contribution < -0.4 is 4.90 Å². The molecule has 1 unspecified atom stereocenters. The second-order valence-corrected chi connectivity index (χ2v) is 9.12. The topological polar surface area (TPSA) is 69.6 Å². The van der Waals surface area contributed by atoms with Crippen LogP contribution in [0, 0.1) is 5.92 Å². The van der Waals surface area contributed by atoms with E-state index in [4.69, 9.17) is 9.97 Å². The lowest BCUT2D eigenvalue weighted by atomic mass is 9.96. The summed E-state index contributed by atoms with van der Waals surface area (Å²) in [5.41, 5.74) is 3.48. The molecule has 0 bridgehead atoms. The molecule has 1 aliphatic carbocycles. The fraction of sp³-hybridized carbons (Fsp3) is 0.520. The van der Waals surface area contributed by atoms with E-state index in [0.717, 1.165) is 81.8 Å². The number of hydrogen-bond donors (Lipinski definition) is 0. The van der Waals surface area contributed by atoms with E-state index < -0.39 is 0 Å². The van der Waals surface area contributed by atoms with Gasteiger partial charge in [0.15, 0.2) is 5.82 Å². The fourth-order valence-electron chi connectivity index (χ4n) is 5.28. The maximum Gasteiger partial charge on any atom is 0.227 e. The molecule has 2 saturated heterocycles. The molecule has 3 heterocycles. The number of rotatable bonds is 4. The number of amides is 2. The van der Waals surface area contributed by atoms with Gasteiger partial charge in [-0.05, 0) is 38.5 Å². The Morgan fingerprint density at radius 3 is 2.66 bits per heavy atom. The molecular formula is C25H31N5O2. The van der Waals surface area contributed by atoms with E-state index in [0.29, 0.717) is 19.6 Å². The highest BCUT2D eigenvalue weighted by molar-refractivity contribution is 5.80. The van der Waals surface area contributed by atoms with Gasteiger partial charge in [0.1, 0.15) is 5.82 Å². The average molecular weight is 434 g/mol. The summed E-state index contributed by atoms with van der Waals surface area (Å²) >= 11 is 0. The number of carbonyl (C=O) groups is 2. The Morgan fingerprint density at radius 2 is 1.81 bits per heavy atom. The van der Waals surface area contributed by atoms with Crippen molar-refractivity contribution in [1.82, 2.24) is 19.8 Å². The van der Waals surface area contributed by atoms with Crippen LogP contribution in [0.3, 0.4) is 0 Å². The van der Waals surface area contributed by atoms with Crippen LogP contribution in [-0.2, 0) is 22.4 Å². The van der Waals surface area contributed by atoms with Crippen molar-refractivity contribution in [2.24, 2.45) is 5.92 Å². The van der Waals surface area contributed by atoms with Gasteiger partial charge in [-0.15, -0.1) is 0 Å². The van der Waals surface area contributed by atoms with Gasteiger partial charge in [0.25, 0.3) is 0 Å². The van der Waals surface area contributed by atoms with Crippen molar-refractivity contribution in [2.45, 2.75) is 38.5 Å². The van der Waals surface area contributed by atoms with E-state index in [1.54, 1.807) is 4.90 Å². The zero-order valence-corrected chi connectivity index (χ0v) is 18.6. The highest BCUT2D eigenvalue weighted by Gasteiger charge is 2.33. The van der Waals surface area contributed by atoms with Crippen LogP contribution in [-0.4, -0.2) is 71.4 Å². The summed E-state index contributed by atoms with van der Waals surface area (Å²) in [7, 11) is 0. The number of benzene rings is 1. The molecule has 2 amide bonds. The van der Waals surface area contributed by atoms with Crippen molar-refractivity contribution in [3.8, 4) is 11.4 Å². The quantitative estimate of drug-likeness (QED) is 0.693. The molecule has 2 aromatic rings. The third kappa shape index (κ3) is 4.20. The van der Waals surface area contributed by atoms with Crippen molar-refractivity contribution < 1.29 is 9.59 Å². The highest BCUT2D eigenvalue weighted by atomic mass is 16.2. The Morgan fingerprint density at radius 1 is 0.938 bits per heavy atom. The first-order valence-electron chi connectivity index (χ1n) is 11.9. The molecule has 1 aromatic heterocycles. The molecule has 0 N–H and O–H groups in total. The molecule has 2 aliphatic heterocycles. The number of carbonyl (C=O) groups excluding carboxylic acids is 2. The SMILES string of the molecule is O=CN1CCCN(C(=O)C2CCCN(c3nc(-c4ccccc4)nc4c3CCC4)C2)CC1. The van der Waals surface area contributed by atoms with E-state index in [2.05, 4.69) is 17.0 Å². The predicted octanol–water partition coefficient (Wildman–Crippen LogP) is 2.54. The van der Waals surface area contributed by atoms with Gasteiger partial charge < -0.3 is 14.7 Å². The minimum atomic E-state index is -0.0151. The van der Waals surface area contributed by atoms with Crippen LogP contribution in [0.1, 0.15) is 36.9 Å². The van der Waals surface area contributed by atoms with Crippen LogP contribution in [0.4, 0.5) is 5.82 Å². The number of fused-ring (bicyclic) bond motifs is 1. The van der Waals surface area contributed by atoms with E-state index >= 15 is 0 Å². The van der Waals surface area contributed by atoms with E-state index in [1.807, 2.05) is 23.1 Å². The molecule has 0 radical (unpaired) electrons. The summed E-state index contributed by atoms with van der Waals surface area (Å²) in [4.78, 5) is 40.5. The molecule has 0 spiro atoms. The molecule has 1 atom stereocenters. The Hall–Kier alpha value is -2.96. The first-order valence-corrected chi connectivity index (χ1v) is 11.9. The summed E-state index contributed by atoms with van der Waals surface area (Å²) in [5, 5.41) is 0. The predicted molar refractivity (Wildman–Crippen MR) is 123 cm³/mol. The van der Waals surface area contributed by atoms with Gasteiger partial charge >= 0.3 is 0 Å². The second kappa shape index (κ2) is 9.27. The fourth-order valence-corrected chi connectivity index (χ4v) is 5.28. The van der Waals surface area contributed by atoms with Gasteiger partial charge in [-0.25, -0.2) is 9.97 Å². The molecule has 5 rings (SSSR count). The van der Waals surface area contributed by atoms with Gasteiger partial charge in [-0.1, -0.05) is 30.3 Å². The molecule has 7 nitrogen and oxygen atoms in total. The van der Waals surface area contributed by atoms with Crippen LogP contribution in [0.15, 0.2) is 30.3 Å². The molecule has 32 heavy (non-hydrogen) atoms. The largest absolute Gasteiger partial charge is 0.355 e. The molecule has 2 fully saturated rings. The zero-order valence-electron chi connectivity index (χ0n) is 18.6. The first-order chi connectivity index (χ1) is 15.7. The van der Waals surface area contributed by atoms with Gasteiger partial charge in [0.05, 0.1) is 5.92 Å². The summed E-state index contributed by atoms with van der Waals surface area (Å²) in [5.74, 6) is 2.04. The van der Waals surface area contributed by atoms with Crippen molar-refractivity contribution >= 4 is 18.1 Å². The Balaban J connectivity index is 1.37. The number of nitrogens with zero attached hydrogens (tertiary/aromatic N) is 5. The second-order valence-electron chi connectivity index (χ2n) is 9.12. The molecule has 1 aromatic carbocycles. The average Bonchev–Trinajstić information content (AvgIpc) is 3.20.